The van der Waals surface area contributed by atoms with E-state index in [9.17, 15) is 13.2 Å². The zero-order valence-corrected chi connectivity index (χ0v) is 12.1. The molecule has 0 saturated heterocycles. The summed E-state index contributed by atoms with van der Waals surface area (Å²) in [5.41, 5.74) is 0.770. The van der Waals surface area contributed by atoms with Crippen molar-refractivity contribution in [3.63, 3.8) is 0 Å². The molecule has 1 aromatic rings. The van der Waals surface area contributed by atoms with Gasteiger partial charge in [0.05, 0.1) is 6.61 Å². The van der Waals surface area contributed by atoms with Gasteiger partial charge in [-0.3, -0.25) is 0 Å². The third-order valence-corrected chi connectivity index (χ3v) is 4.80. The van der Waals surface area contributed by atoms with E-state index in [0.717, 1.165) is 12.8 Å². The fourth-order valence-corrected chi connectivity index (χ4v) is 3.42. The van der Waals surface area contributed by atoms with E-state index in [1.54, 1.807) is 25.5 Å². The van der Waals surface area contributed by atoms with Crippen molar-refractivity contribution in [3.8, 4) is 0 Å². The van der Waals surface area contributed by atoms with Crippen molar-refractivity contribution in [2.24, 2.45) is 7.05 Å². The predicted molar refractivity (Wildman–Crippen MR) is 69.5 cm³/mol. The minimum Gasteiger partial charge on any atom is -0.461 e. The van der Waals surface area contributed by atoms with Crippen LogP contribution in [0.5, 0.6) is 0 Å². The number of hydrogen-bond acceptors (Lipinski definition) is 4. The van der Waals surface area contributed by atoms with Crippen LogP contribution in [0.1, 0.15) is 35.9 Å². The Hall–Kier alpha value is -1.34. The van der Waals surface area contributed by atoms with Crippen molar-refractivity contribution >= 4 is 16.0 Å². The van der Waals surface area contributed by atoms with Crippen LogP contribution in [0.3, 0.4) is 0 Å². The minimum atomic E-state index is -3.56. The maximum Gasteiger partial charge on any atom is 0.354 e. The Morgan fingerprint density at radius 2 is 2.16 bits per heavy atom. The number of aromatic nitrogens is 1. The molecular weight excluding hydrogens is 268 g/mol. The molecule has 7 heteroatoms. The van der Waals surface area contributed by atoms with Gasteiger partial charge >= 0.3 is 5.97 Å². The Balaban J connectivity index is 2.36. The monoisotopic (exact) mass is 286 g/mol. The van der Waals surface area contributed by atoms with Crippen LogP contribution in [0.2, 0.25) is 0 Å². The number of carbonyl (C=O) groups is 1. The van der Waals surface area contributed by atoms with Gasteiger partial charge in [-0.1, -0.05) is 0 Å². The van der Waals surface area contributed by atoms with Crippen LogP contribution in [0, 0.1) is 6.92 Å². The molecule has 1 aliphatic rings. The molecule has 0 unspecified atom stereocenters. The van der Waals surface area contributed by atoms with E-state index >= 15 is 0 Å². The topological polar surface area (TPSA) is 77.4 Å². The summed E-state index contributed by atoms with van der Waals surface area (Å²) in [6, 6.07) is 1.41. The maximum absolute atomic E-state index is 12.2. The van der Waals surface area contributed by atoms with E-state index in [0.29, 0.717) is 5.69 Å². The van der Waals surface area contributed by atoms with E-state index in [1.165, 1.54) is 6.07 Å². The van der Waals surface area contributed by atoms with Crippen molar-refractivity contribution in [3.05, 3.63) is 17.5 Å². The standard InChI is InChI=1S/C12H18N2O4S/c1-4-18-12(15)10-7-11(8(2)14(10)3)19(16,17)13-9-5-6-9/h7,9,13H,4-6H2,1-3H3. The van der Waals surface area contributed by atoms with Crippen molar-refractivity contribution < 1.29 is 17.9 Å². The second kappa shape index (κ2) is 4.97. The third-order valence-electron chi connectivity index (χ3n) is 3.16. The average molecular weight is 286 g/mol. The molecule has 0 spiro atoms. The van der Waals surface area contributed by atoms with Crippen LogP contribution in [-0.2, 0) is 21.8 Å². The van der Waals surface area contributed by atoms with E-state index < -0.39 is 16.0 Å². The fourth-order valence-electron chi connectivity index (χ4n) is 1.83. The fraction of sp³-hybridized carbons (Fsp3) is 0.583. The first kappa shape index (κ1) is 14.1. The summed E-state index contributed by atoms with van der Waals surface area (Å²) in [4.78, 5) is 11.9. The molecule has 0 amide bonds. The number of nitrogens with zero attached hydrogens (tertiary/aromatic N) is 1. The molecule has 1 heterocycles. The molecule has 1 N–H and O–H groups in total. The largest absolute Gasteiger partial charge is 0.461 e. The lowest BCUT2D eigenvalue weighted by Gasteiger charge is -2.05. The van der Waals surface area contributed by atoms with Gasteiger partial charge in [0.15, 0.2) is 0 Å². The highest BCUT2D eigenvalue weighted by molar-refractivity contribution is 7.89. The molecule has 1 fully saturated rings. The summed E-state index contributed by atoms with van der Waals surface area (Å²) in [6.07, 6.45) is 1.74. The van der Waals surface area contributed by atoms with Gasteiger partial charge in [-0.05, 0) is 32.8 Å². The zero-order valence-electron chi connectivity index (χ0n) is 11.3. The molecular formula is C12H18N2O4S. The van der Waals surface area contributed by atoms with Crippen LogP contribution in [-0.4, -0.2) is 31.6 Å². The summed E-state index contributed by atoms with van der Waals surface area (Å²) < 4.78 is 33.4. The normalized spacial score (nSPS) is 15.5. The second-order valence-electron chi connectivity index (χ2n) is 4.65. The quantitative estimate of drug-likeness (QED) is 0.818. The van der Waals surface area contributed by atoms with Gasteiger partial charge in [0.2, 0.25) is 10.0 Å². The summed E-state index contributed by atoms with van der Waals surface area (Å²) in [5.74, 6) is -0.513. The van der Waals surface area contributed by atoms with Crippen LogP contribution in [0.25, 0.3) is 0 Å². The lowest BCUT2D eigenvalue weighted by atomic mass is 10.4. The molecule has 1 aromatic heterocycles. The lowest BCUT2D eigenvalue weighted by molar-refractivity contribution is 0.0515. The zero-order chi connectivity index (χ0) is 14.2. The molecule has 0 atom stereocenters. The van der Waals surface area contributed by atoms with Crippen LogP contribution >= 0.6 is 0 Å². The Bertz CT molecular complexity index is 599. The number of ether oxygens (including phenoxy) is 1. The molecule has 1 saturated carbocycles. The van der Waals surface area contributed by atoms with Crippen molar-refractivity contribution in [1.29, 1.82) is 0 Å². The predicted octanol–water partition coefficient (Wildman–Crippen LogP) is 0.951. The maximum atomic E-state index is 12.2. The van der Waals surface area contributed by atoms with Crippen molar-refractivity contribution in [2.45, 2.75) is 37.6 Å². The number of sulfonamides is 1. The Kier molecular flexibility index (Phi) is 3.69. The van der Waals surface area contributed by atoms with Gasteiger partial charge in [0.25, 0.3) is 0 Å². The van der Waals surface area contributed by atoms with Crippen molar-refractivity contribution in [1.82, 2.24) is 9.29 Å². The van der Waals surface area contributed by atoms with Gasteiger partial charge in [-0.15, -0.1) is 0 Å². The Labute approximate surface area is 112 Å². The summed E-state index contributed by atoms with van der Waals surface area (Å²) in [7, 11) is -1.91. The molecule has 0 bridgehead atoms. The average Bonchev–Trinajstić information content (AvgIpc) is 3.06. The minimum absolute atomic E-state index is 0.0376. The first-order valence-electron chi connectivity index (χ1n) is 6.22. The third kappa shape index (κ3) is 2.82. The van der Waals surface area contributed by atoms with Gasteiger partial charge in [0, 0.05) is 18.8 Å². The van der Waals surface area contributed by atoms with Gasteiger partial charge < -0.3 is 9.30 Å². The molecule has 0 aromatic carbocycles. The van der Waals surface area contributed by atoms with E-state index in [4.69, 9.17) is 4.74 Å². The highest BCUT2D eigenvalue weighted by Gasteiger charge is 2.31. The number of esters is 1. The van der Waals surface area contributed by atoms with Crippen molar-refractivity contribution in [2.75, 3.05) is 6.61 Å². The number of rotatable bonds is 5. The van der Waals surface area contributed by atoms with E-state index in [-0.39, 0.29) is 23.2 Å². The molecule has 6 nitrogen and oxygen atoms in total. The van der Waals surface area contributed by atoms with E-state index in [1.807, 2.05) is 0 Å². The summed E-state index contributed by atoms with van der Waals surface area (Å²) in [5, 5.41) is 0. The first-order valence-corrected chi connectivity index (χ1v) is 7.71. The SMILES string of the molecule is CCOC(=O)c1cc(S(=O)(=O)NC2CC2)c(C)n1C. The molecule has 0 aliphatic heterocycles. The Morgan fingerprint density at radius 1 is 1.53 bits per heavy atom. The highest BCUT2D eigenvalue weighted by Crippen LogP contribution is 2.25. The van der Waals surface area contributed by atoms with Gasteiger partial charge in [0.1, 0.15) is 10.6 Å². The lowest BCUT2D eigenvalue weighted by Crippen LogP contribution is -2.26. The molecule has 0 radical (unpaired) electrons. The number of carbonyl (C=O) groups excluding carboxylic acids is 1. The summed E-state index contributed by atoms with van der Waals surface area (Å²) in [6.45, 7) is 3.63. The van der Waals surface area contributed by atoms with E-state index in [2.05, 4.69) is 4.72 Å². The van der Waals surface area contributed by atoms with Gasteiger partial charge in [-0.25, -0.2) is 17.9 Å². The number of hydrogen-bond donors (Lipinski definition) is 1. The Morgan fingerprint density at radius 3 is 2.68 bits per heavy atom. The highest BCUT2D eigenvalue weighted by atomic mass is 32.2. The smallest absolute Gasteiger partial charge is 0.354 e. The number of nitrogens with one attached hydrogen (secondary N) is 1. The molecule has 1 aliphatic carbocycles. The molecule has 2 rings (SSSR count). The second-order valence-corrected chi connectivity index (χ2v) is 6.34. The van der Waals surface area contributed by atoms with Crippen LogP contribution < -0.4 is 4.72 Å². The van der Waals surface area contributed by atoms with Crippen LogP contribution in [0.4, 0.5) is 0 Å². The molecule has 19 heavy (non-hydrogen) atoms. The summed E-state index contributed by atoms with van der Waals surface area (Å²) >= 11 is 0. The van der Waals surface area contributed by atoms with Crippen LogP contribution in [0.15, 0.2) is 11.0 Å². The molecule has 106 valence electrons. The van der Waals surface area contributed by atoms with Gasteiger partial charge in [-0.2, -0.15) is 0 Å². The first-order chi connectivity index (χ1) is 8.86.